The fraction of sp³-hybridized carbons (Fsp3) is 0.800. The number of allylic oxidation sites excluding steroid dienone is 1. The third kappa shape index (κ3) is 2.92. The zero-order valence-corrected chi connectivity index (χ0v) is 21.0. The monoisotopic (exact) mass is 552 g/mol. The quantitative estimate of drug-likeness (QED) is 0.308. The Morgan fingerprint density at radius 3 is 2.08 bits per heavy atom. The zero-order valence-electron chi connectivity index (χ0n) is 16.2. The van der Waals surface area contributed by atoms with E-state index < -0.39 is 5.60 Å². The van der Waals surface area contributed by atoms with E-state index in [0.29, 0.717) is 18.4 Å². The molecular weight excluding hydrogens is 528 g/mol. The summed E-state index contributed by atoms with van der Waals surface area (Å²) in [7, 11) is 0. The standard InChI is InChI=1S/C20H27Br3O3/c1-10(24)26-20-8-17(2,3)7-19(6,9-20)15(22)11-12(20)13(25)16(23)18(4,5)14(11)21/h14-16H,7-9H2,1-6H3. The van der Waals surface area contributed by atoms with E-state index >= 15 is 0 Å². The van der Waals surface area contributed by atoms with E-state index in [1.165, 1.54) is 6.92 Å². The van der Waals surface area contributed by atoms with Gasteiger partial charge in [-0.25, -0.2) is 0 Å². The number of alkyl halides is 3. The minimum Gasteiger partial charge on any atom is -0.454 e. The van der Waals surface area contributed by atoms with Crippen LogP contribution in [-0.2, 0) is 14.3 Å². The van der Waals surface area contributed by atoms with Gasteiger partial charge >= 0.3 is 5.97 Å². The number of fused-ring (bicyclic) bond motifs is 3. The maximum atomic E-state index is 13.5. The molecule has 5 atom stereocenters. The summed E-state index contributed by atoms with van der Waals surface area (Å²) in [4.78, 5) is 25.4. The number of carbonyl (C=O) groups is 2. The Balaban J connectivity index is 2.33. The van der Waals surface area contributed by atoms with Crippen LogP contribution in [-0.4, -0.2) is 31.8 Å². The van der Waals surface area contributed by atoms with Gasteiger partial charge in [0.15, 0.2) is 5.78 Å². The van der Waals surface area contributed by atoms with Crippen LogP contribution in [0.4, 0.5) is 0 Å². The van der Waals surface area contributed by atoms with Gasteiger partial charge in [0.25, 0.3) is 0 Å². The van der Waals surface area contributed by atoms with E-state index in [0.717, 1.165) is 12.0 Å². The van der Waals surface area contributed by atoms with E-state index in [9.17, 15) is 9.59 Å². The van der Waals surface area contributed by atoms with Crippen LogP contribution in [0.3, 0.4) is 0 Å². The lowest BCUT2D eigenvalue weighted by atomic mass is 9.49. The van der Waals surface area contributed by atoms with Crippen molar-refractivity contribution in [3.63, 3.8) is 0 Å². The van der Waals surface area contributed by atoms with E-state index in [1.54, 1.807) is 0 Å². The minimum absolute atomic E-state index is 0.0206. The van der Waals surface area contributed by atoms with Crippen molar-refractivity contribution in [2.24, 2.45) is 16.2 Å². The second-order valence-corrected chi connectivity index (χ2v) is 12.8. The van der Waals surface area contributed by atoms with Crippen LogP contribution in [0.15, 0.2) is 11.1 Å². The lowest BCUT2D eigenvalue weighted by Crippen LogP contribution is -2.63. The first-order chi connectivity index (χ1) is 11.7. The smallest absolute Gasteiger partial charge is 0.303 e. The molecule has 0 N–H and O–H groups in total. The fourth-order valence-electron chi connectivity index (χ4n) is 5.84. The van der Waals surface area contributed by atoms with Crippen LogP contribution in [0.25, 0.3) is 0 Å². The first-order valence-corrected chi connectivity index (χ1v) is 11.8. The molecule has 6 heteroatoms. The molecular formula is C20H27Br3O3. The van der Waals surface area contributed by atoms with E-state index in [2.05, 4.69) is 82.4 Å². The Hall–Kier alpha value is 0.320. The molecule has 0 aliphatic heterocycles. The number of esters is 1. The molecule has 3 nitrogen and oxygen atoms in total. The van der Waals surface area contributed by atoms with Gasteiger partial charge in [0.2, 0.25) is 0 Å². The molecule has 0 aromatic heterocycles. The van der Waals surface area contributed by atoms with Crippen molar-refractivity contribution in [2.75, 3.05) is 0 Å². The highest BCUT2D eigenvalue weighted by Crippen LogP contribution is 2.65. The molecule has 26 heavy (non-hydrogen) atoms. The van der Waals surface area contributed by atoms with E-state index in [4.69, 9.17) is 4.74 Å². The minimum atomic E-state index is -0.840. The lowest BCUT2D eigenvalue weighted by Gasteiger charge is -2.61. The molecule has 0 aromatic rings. The van der Waals surface area contributed by atoms with Gasteiger partial charge in [-0.1, -0.05) is 82.4 Å². The maximum absolute atomic E-state index is 13.5. The summed E-state index contributed by atoms with van der Waals surface area (Å²) in [6, 6.07) is 0. The van der Waals surface area contributed by atoms with Gasteiger partial charge in [0.05, 0.1) is 4.83 Å². The highest BCUT2D eigenvalue weighted by Gasteiger charge is 2.65. The summed E-state index contributed by atoms with van der Waals surface area (Å²) < 4.78 is 6.02. The van der Waals surface area contributed by atoms with Gasteiger partial charge in [-0.15, -0.1) is 0 Å². The molecule has 0 amide bonds. The Bertz CT molecular complexity index is 711. The Kier molecular flexibility index (Phi) is 4.98. The van der Waals surface area contributed by atoms with Gasteiger partial charge in [-0.3, -0.25) is 9.59 Å². The fourth-order valence-corrected chi connectivity index (χ4v) is 8.62. The first kappa shape index (κ1) is 21.0. The van der Waals surface area contributed by atoms with Gasteiger partial charge in [-0.05, 0) is 35.7 Å². The third-order valence-corrected chi connectivity index (χ3v) is 11.2. The molecule has 5 unspecified atom stereocenters. The van der Waals surface area contributed by atoms with Gasteiger partial charge in [0, 0.05) is 27.6 Å². The Labute approximate surface area is 181 Å². The lowest BCUT2D eigenvalue weighted by molar-refractivity contribution is -0.169. The average molecular weight is 555 g/mol. The van der Waals surface area contributed by atoms with Crippen LogP contribution in [0.5, 0.6) is 0 Å². The molecule has 1 saturated carbocycles. The molecule has 0 spiro atoms. The van der Waals surface area contributed by atoms with Crippen LogP contribution in [0.1, 0.15) is 60.8 Å². The van der Waals surface area contributed by atoms with Crippen LogP contribution >= 0.6 is 47.8 Å². The summed E-state index contributed by atoms with van der Waals surface area (Å²) >= 11 is 11.5. The number of hydrogen-bond acceptors (Lipinski definition) is 3. The second kappa shape index (κ2) is 6.16. The number of carbonyl (C=O) groups excluding carboxylic acids is 2. The SMILES string of the molecule is CC(=O)OC12CC(C)(C)CC(C)(C1)C(Br)C1=C2C(=O)C(Br)C(C)(C)C1Br. The average Bonchev–Trinajstić information content (AvgIpc) is 2.44. The van der Waals surface area contributed by atoms with Crippen molar-refractivity contribution in [1.29, 1.82) is 0 Å². The molecule has 3 aliphatic carbocycles. The van der Waals surface area contributed by atoms with Crippen LogP contribution < -0.4 is 0 Å². The number of rotatable bonds is 1. The van der Waals surface area contributed by atoms with Crippen molar-refractivity contribution in [3.05, 3.63) is 11.1 Å². The number of Topliss-reactive ketones (excluding diaryl/α,β-unsaturated/α-hetero) is 1. The normalized spacial score (nSPS) is 43.7. The topological polar surface area (TPSA) is 43.4 Å². The number of ketones is 1. The molecule has 0 aromatic carbocycles. The maximum Gasteiger partial charge on any atom is 0.303 e. The summed E-state index contributed by atoms with van der Waals surface area (Å²) in [6.07, 6.45) is 2.38. The Morgan fingerprint density at radius 2 is 1.54 bits per heavy atom. The highest BCUT2D eigenvalue weighted by atomic mass is 79.9. The van der Waals surface area contributed by atoms with Crippen molar-refractivity contribution in [3.8, 4) is 0 Å². The third-order valence-electron chi connectivity index (χ3n) is 6.36. The largest absolute Gasteiger partial charge is 0.454 e. The van der Waals surface area contributed by atoms with Gasteiger partial charge < -0.3 is 4.74 Å². The summed E-state index contributed by atoms with van der Waals surface area (Å²) in [6.45, 7) is 12.3. The Morgan fingerprint density at radius 1 is 0.962 bits per heavy atom. The summed E-state index contributed by atoms with van der Waals surface area (Å²) in [5.74, 6) is -0.258. The van der Waals surface area contributed by atoms with E-state index in [-0.39, 0.29) is 42.5 Å². The van der Waals surface area contributed by atoms with Crippen molar-refractivity contribution in [1.82, 2.24) is 0 Å². The molecule has 3 rings (SSSR count). The molecule has 0 radical (unpaired) electrons. The predicted octanol–water partition coefficient (Wildman–Crippen LogP) is 5.71. The molecule has 2 bridgehead atoms. The van der Waals surface area contributed by atoms with E-state index in [1.807, 2.05) is 0 Å². The van der Waals surface area contributed by atoms with Crippen LogP contribution in [0, 0.1) is 16.2 Å². The zero-order chi connectivity index (χ0) is 19.9. The predicted molar refractivity (Wildman–Crippen MR) is 114 cm³/mol. The molecule has 146 valence electrons. The van der Waals surface area contributed by atoms with Crippen molar-refractivity contribution < 1.29 is 14.3 Å². The summed E-state index contributed by atoms with van der Waals surface area (Å²) in [5.41, 5.74) is 0.551. The summed E-state index contributed by atoms with van der Waals surface area (Å²) in [5, 5.41) is 0. The van der Waals surface area contributed by atoms with Crippen molar-refractivity contribution in [2.45, 2.75) is 80.9 Å². The molecule has 0 heterocycles. The molecule has 1 fully saturated rings. The molecule has 0 saturated heterocycles. The second-order valence-electron chi connectivity index (χ2n) is 10.0. The van der Waals surface area contributed by atoms with Gasteiger partial charge in [-0.2, -0.15) is 0 Å². The first-order valence-electron chi connectivity index (χ1n) is 9.07. The number of hydrogen-bond donors (Lipinski definition) is 0. The van der Waals surface area contributed by atoms with Crippen molar-refractivity contribution >= 4 is 59.5 Å². The van der Waals surface area contributed by atoms with Gasteiger partial charge in [0.1, 0.15) is 5.60 Å². The van der Waals surface area contributed by atoms with Crippen LogP contribution in [0.2, 0.25) is 0 Å². The molecule has 3 aliphatic rings. The highest BCUT2D eigenvalue weighted by molar-refractivity contribution is 9.10. The number of halogens is 3. The number of ether oxygens (including phenoxy) is 1.